The van der Waals surface area contributed by atoms with Gasteiger partial charge in [0.15, 0.2) is 11.5 Å². The summed E-state index contributed by atoms with van der Waals surface area (Å²) in [5.74, 6) is 1.54. The highest BCUT2D eigenvalue weighted by atomic mass is 16.5. The lowest BCUT2D eigenvalue weighted by Gasteiger charge is -2.17. The van der Waals surface area contributed by atoms with Crippen molar-refractivity contribution in [1.29, 1.82) is 0 Å². The van der Waals surface area contributed by atoms with Crippen LogP contribution in [0, 0.1) is 0 Å². The standard InChI is InChI=1S/C13H17NO3/c1-4-13(15)14-6-5-9-7-11(16-2)12(17-3)8-10(9)14/h7-8H,4-6H2,1-3H3. The van der Waals surface area contributed by atoms with Gasteiger partial charge >= 0.3 is 0 Å². The topological polar surface area (TPSA) is 38.8 Å². The molecule has 1 amide bonds. The van der Waals surface area contributed by atoms with Crippen LogP contribution in [0.5, 0.6) is 11.5 Å². The summed E-state index contributed by atoms with van der Waals surface area (Å²) < 4.78 is 10.5. The molecule has 0 fully saturated rings. The number of hydrogen-bond donors (Lipinski definition) is 0. The number of carbonyl (C=O) groups is 1. The minimum Gasteiger partial charge on any atom is -0.493 e. The van der Waals surface area contributed by atoms with E-state index < -0.39 is 0 Å². The molecule has 1 aliphatic rings. The summed E-state index contributed by atoms with van der Waals surface area (Å²) in [5.41, 5.74) is 2.10. The van der Waals surface area contributed by atoms with Crippen LogP contribution in [-0.2, 0) is 11.2 Å². The van der Waals surface area contributed by atoms with Crippen molar-refractivity contribution in [2.75, 3.05) is 25.7 Å². The molecule has 4 heteroatoms. The number of anilines is 1. The Kier molecular flexibility index (Phi) is 3.22. The third-order valence-corrected chi connectivity index (χ3v) is 3.08. The Hall–Kier alpha value is -1.71. The zero-order valence-electron chi connectivity index (χ0n) is 10.4. The number of rotatable bonds is 3. The Morgan fingerprint density at radius 1 is 1.29 bits per heavy atom. The van der Waals surface area contributed by atoms with Crippen molar-refractivity contribution in [3.63, 3.8) is 0 Å². The first-order valence-electron chi connectivity index (χ1n) is 5.76. The maximum atomic E-state index is 11.8. The van der Waals surface area contributed by atoms with Gasteiger partial charge in [0.05, 0.1) is 19.9 Å². The van der Waals surface area contributed by atoms with E-state index in [-0.39, 0.29) is 5.91 Å². The molecule has 1 aliphatic heterocycles. The molecule has 0 unspecified atom stereocenters. The van der Waals surface area contributed by atoms with E-state index in [1.165, 1.54) is 0 Å². The number of fused-ring (bicyclic) bond motifs is 1. The predicted molar refractivity (Wildman–Crippen MR) is 65.9 cm³/mol. The molecule has 0 aliphatic carbocycles. The van der Waals surface area contributed by atoms with E-state index >= 15 is 0 Å². The van der Waals surface area contributed by atoms with E-state index in [2.05, 4.69) is 0 Å². The van der Waals surface area contributed by atoms with Crippen LogP contribution in [-0.4, -0.2) is 26.7 Å². The normalized spacial score (nSPS) is 13.5. The van der Waals surface area contributed by atoms with Crippen LogP contribution in [0.2, 0.25) is 0 Å². The molecule has 1 heterocycles. The summed E-state index contributed by atoms with van der Waals surface area (Å²) in [5, 5.41) is 0. The molecule has 0 atom stereocenters. The van der Waals surface area contributed by atoms with Crippen LogP contribution in [0.4, 0.5) is 5.69 Å². The fourth-order valence-electron chi connectivity index (χ4n) is 2.16. The Morgan fingerprint density at radius 2 is 1.94 bits per heavy atom. The number of benzene rings is 1. The molecule has 0 saturated heterocycles. The zero-order chi connectivity index (χ0) is 12.4. The van der Waals surface area contributed by atoms with Gasteiger partial charge in [-0.2, -0.15) is 0 Å². The van der Waals surface area contributed by atoms with E-state index in [9.17, 15) is 4.79 Å². The van der Waals surface area contributed by atoms with Crippen molar-refractivity contribution in [2.24, 2.45) is 0 Å². The van der Waals surface area contributed by atoms with Gasteiger partial charge in [0.2, 0.25) is 5.91 Å². The van der Waals surface area contributed by atoms with Crippen LogP contribution in [0.1, 0.15) is 18.9 Å². The molecule has 4 nitrogen and oxygen atoms in total. The van der Waals surface area contributed by atoms with Gasteiger partial charge in [-0.05, 0) is 18.1 Å². The van der Waals surface area contributed by atoms with Gasteiger partial charge in [-0.15, -0.1) is 0 Å². The van der Waals surface area contributed by atoms with Gasteiger partial charge in [0.1, 0.15) is 0 Å². The minimum absolute atomic E-state index is 0.149. The molecule has 0 N–H and O–H groups in total. The molecular formula is C13H17NO3. The smallest absolute Gasteiger partial charge is 0.226 e. The SMILES string of the molecule is CCC(=O)N1CCc2cc(OC)c(OC)cc21. The maximum absolute atomic E-state index is 11.8. The minimum atomic E-state index is 0.149. The van der Waals surface area contributed by atoms with Crippen molar-refractivity contribution in [2.45, 2.75) is 19.8 Å². The van der Waals surface area contributed by atoms with Crippen molar-refractivity contribution in [3.05, 3.63) is 17.7 Å². The first kappa shape index (κ1) is 11.8. The highest BCUT2D eigenvalue weighted by molar-refractivity contribution is 5.95. The average molecular weight is 235 g/mol. The average Bonchev–Trinajstić information content (AvgIpc) is 2.78. The second kappa shape index (κ2) is 4.65. The molecule has 92 valence electrons. The second-order valence-electron chi connectivity index (χ2n) is 3.98. The summed E-state index contributed by atoms with van der Waals surface area (Å²) in [4.78, 5) is 13.6. The van der Waals surface area contributed by atoms with E-state index in [1.807, 2.05) is 24.0 Å². The number of carbonyl (C=O) groups excluding carboxylic acids is 1. The fraction of sp³-hybridized carbons (Fsp3) is 0.462. The van der Waals surface area contributed by atoms with Gasteiger partial charge in [-0.1, -0.05) is 6.92 Å². The Labute approximate surface area is 101 Å². The van der Waals surface area contributed by atoms with Crippen molar-refractivity contribution >= 4 is 11.6 Å². The zero-order valence-corrected chi connectivity index (χ0v) is 10.4. The molecule has 0 aromatic heterocycles. The lowest BCUT2D eigenvalue weighted by Crippen LogP contribution is -2.27. The third kappa shape index (κ3) is 1.95. The van der Waals surface area contributed by atoms with E-state index in [1.54, 1.807) is 14.2 Å². The molecular weight excluding hydrogens is 218 g/mol. The Bertz CT molecular complexity index is 443. The quantitative estimate of drug-likeness (QED) is 0.804. The largest absolute Gasteiger partial charge is 0.493 e. The highest BCUT2D eigenvalue weighted by Gasteiger charge is 2.25. The third-order valence-electron chi connectivity index (χ3n) is 3.08. The molecule has 0 saturated carbocycles. The fourth-order valence-corrected chi connectivity index (χ4v) is 2.16. The van der Waals surface area contributed by atoms with Gasteiger partial charge in [-0.25, -0.2) is 0 Å². The lowest BCUT2D eigenvalue weighted by atomic mass is 10.1. The Balaban J connectivity index is 2.42. The predicted octanol–water partition coefficient (Wildman–Crippen LogP) is 2.00. The van der Waals surface area contributed by atoms with Gasteiger partial charge in [0, 0.05) is 19.0 Å². The number of nitrogens with zero attached hydrogens (tertiary/aromatic N) is 1. The number of methoxy groups -OCH3 is 2. The number of amides is 1. The van der Waals surface area contributed by atoms with Gasteiger partial charge in [0.25, 0.3) is 0 Å². The summed E-state index contributed by atoms with van der Waals surface area (Å²) in [6.07, 6.45) is 1.40. The molecule has 17 heavy (non-hydrogen) atoms. The number of hydrogen-bond acceptors (Lipinski definition) is 3. The van der Waals surface area contributed by atoms with Crippen molar-refractivity contribution in [1.82, 2.24) is 0 Å². The maximum Gasteiger partial charge on any atom is 0.226 e. The second-order valence-corrected chi connectivity index (χ2v) is 3.98. The molecule has 0 radical (unpaired) electrons. The first-order chi connectivity index (χ1) is 8.21. The highest BCUT2D eigenvalue weighted by Crippen LogP contribution is 2.38. The van der Waals surface area contributed by atoms with Crippen LogP contribution in [0.15, 0.2) is 12.1 Å². The summed E-state index contributed by atoms with van der Waals surface area (Å²) >= 11 is 0. The number of ether oxygens (including phenoxy) is 2. The molecule has 2 rings (SSSR count). The first-order valence-corrected chi connectivity index (χ1v) is 5.76. The Morgan fingerprint density at radius 3 is 2.53 bits per heavy atom. The van der Waals surface area contributed by atoms with Crippen molar-refractivity contribution in [3.8, 4) is 11.5 Å². The summed E-state index contributed by atoms with van der Waals surface area (Å²) in [7, 11) is 3.22. The van der Waals surface area contributed by atoms with Gasteiger partial charge in [-0.3, -0.25) is 4.79 Å². The van der Waals surface area contributed by atoms with Crippen LogP contribution < -0.4 is 14.4 Å². The van der Waals surface area contributed by atoms with E-state index in [4.69, 9.17) is 9.47 Å². The molecule has 0 spiro atoms. The van der Waals surface area contributed by atoms with E-state index in [0.717, 1.165) is 30.0 Å². The molecule has 1 aromatic rings. The van der Waals surface area contributed by atoms with Crippen molar-refractivity contribution < 1.29 is 14.3 Å². The van der Waals surface area contributed by atoms with Crippen LogP contribution >= 0.6 is 0 Å². The lowest BCUT2D eigenvalue weighted by molar-refractivity contribution is -0.118. The van der Waals surface area contributed by atoms with Crippen LogP contribution in [0.25, 0.3) is 0 Å². The summed E-state index contributed by atoms with van der Waals surface area (Å²) in [6, 6.07) is 3.84. The van der Waals surface area contributed by atoms with Gasteiger partial charge < -0.3 is 14.4 Å². The van der Waals surface area contributed by atoms with E-state index in [0.29, 0.717) is 12.2 Å². The summed E-state index contributed by atoms with van der Waals surface area (Å²) in [6.45, 7) is 2.62. The molecule has 0 bridgehead atoms. The molecule has 1 aromatic carbocycles. The van der Waals surface area contributed by atoms with Crippen LogP contribution in [0.3, 0.4) is 0 Å². The monoisotopic (exact) mass is 235 g/mol.